The first-order valence-corrected chi connectivity index (χ1v) is 18.9. The van der Waals surface area contributed by atoms with E-state index in [0.29, 0.717) is 18.0 Å². The molecule has 0 unspecified atom stereocenters. The second-order valence-electron chi connectivity index (χ2n) is 11.4. The molecule has 1 aliphatic rings. The predicted molar refractivity (Wildman–Crippen MR) is 201 cm³/mol. The van der Waals surface area contributed by atoms with Crippen molar-refractivity contribution in [1.29, 1.82) is 0 Å². The van der Waals surface area contributed by atoms with Crippen molar-refractivity contribution >= 4 is 48.4 Å². The summed E-state index contributed by atoms with van der Waals surface area (Å²) in [5, 5.41) is 5.59. The molecule has 5 aromatic rings. The summed E-state index contributed by atoms with van der Waals surface area (Å²) in [6.07, 6.45) is 4.02. The first-order valence-electron chi connectivity index (χ1n) is 15.4. The van der Waals surface area contributed by atoms with Crippen LogP contribution in [0.3, 0.4) is 0 Å². The molecule has 0 radical (unpaired) electrons. The van der Waals surface area contributed by atoms with Crippen molar-refractivity contribution in [3.05, 3.63) is 170 Å². The molecule has 7 heteroatoms. The summed E-state index contributed by atoms with van der Waals surface area (Å²) in [4.78, 5) is 0.344. The molecule has 47 heavy (non-hydrogen) atoms. The van der Waals surface area contributed by atoms with Gasteiger partial charge in [-0.2, -0.15) is 16.1 Å². The van der Waals surface area contributed by atoms with Gasteiger partial charge in [0.25, 0.3) is 0 Å². The number of nitrogens with zero attached hydrogens (tertiary/aromatic N) is 1. The molecule has 1 fully saturated rings. The normalized spacial score (nSPS) is 16.6. The van der Waals surface area contributed by atoms with Gasteiger partial charge < -0.3 is 13.0 Å². The molecule has 3 nitrogen and oxygen atoms in total. The molecule has 1 heterocycles. The second-order valence-corrected chi connectivity index (χ2v) is 16.1. The van der Waals surface area contributed by atoms with Crippen LogP contribution in [0.25, 0.3) is 0 Å². The van der Waals surface area contributed by atoms with Crippen LogP contribution >= 0.6 is 17.2 Å². The number of aryl methyl sites for hydroxylation is 1. The van der Waals surface area contributed by atoms with Crippen molar-refractivity contribution < 1.29 is 27.9 Å². The topological polar surface area (TPSA) is 37.4 Å². The Morgan fingerprint density at radius 2 is 1.04 bits per heavy atom. The fourth-order valence-corrected chi connectivity index (χ4v) is 8.47. The average Bonchev–Trinajstić information content (AvgIpc) is 3.38. The zero-order chi connectivity index (χ0) is 32.8. The van der Waals surface area contributed by atoms with Crippen LogP contribution in [-0.2, 0) is 29.5 Å². The molecular weight excluding hydrogens is 723 g/mol. The van der Waals surface area contributed by atoms with Gasteiger partial charge in [0.05, 0.1) is 4.90 Å². The van der Waals surface area contributed by atoms with Crippen LogP contribution < -0.4 is 21.2 Å². The Kier molecular flexibility index (Phi) is 15.9. The summed E-state index contributed by atoms with van der Waals surface area (Å²) in [5.41, 5.74) is 1.65. The molecule has 1 saturated heterocycles. The van der Waals surface area contributed by atoms with Gasteiger partial charge in [-0.15, -0.1) is 0 Å². The molecule has 0 spiro atoms. The fraction of sp³-hybridized carbons (Fsp3) is 0.175. The van der Waals surface area contributed by atoms with Crippen molar-refractivity contribution in [2.75, 3.05) is 13.1 Å². The molecule has 0 bridgehead atoms. The first-order chi connectivity index (χ1) is 22.2. The van der Waals surface area contributed by atoms with Crippen molar-refractivity contribution in [1.82, 2.24) is 4.31 Å². The van der Waals surface area contributed by atoms with E-state index in [9.17, 15) is 8.42 Å². The summed E-state index contributed by atoms with van der Waals surface area (Å²) < 4.78 is 26.8. The van der Waals surface area contributed by atoms with Gasteiger partial charge in [0.15, 0.2) is 0 Å². The van der Waals surface area contributed by atoms with E-state index in [-0.39, 0.29) is 24.9 Å². The maximum Gasteiger partial charge on any atom is 3.00 e. The first kappa shape index (κ1) is 38.7. The molecule has 0 saturated carbocycles. The Labute approximate surface area is 299 Å². The maximum atomic E-state index is 12.6. The summed E-state index contributed by atoms with van der Waals surface area (Å²) >= 11 is 0. The van der Waals surface area contributed by atoms with Crippen LogP contribution in [0.15, 0.2) is 156 Å². The number of benzene rings is 5. The van der Waals surface area contributed by atoms with Gasteiger partial charge in [-0.25, -0.2) is 8.42 Å². The molecular formula is C40H43NO2P2RhS+. The van der Waals surface area contributed by atoms with Gasteiger partial charge in [-0.05, 0) is 46.8 Å². The van der Waals surface area contributed by atoms with Crippen molar-refractivity contribution in [2.45, 2.75) is 32.1 Å². The van der Waals surface area contributed by atoms with Crippen LogP contribution in [0.2, 0.25) is 0 Å². The van der Waals surface area contributed by atoms with E-state index in [1.54, 1.807) is 12.1 Å². The van der Waals surface area contributed by atoms with Crippen LogP contribution in [0.4, 0.5) is 0 Å². The van der Waals surface area contributed by atoms with Crippen molar-refractivity contribution in [2.24, 2.45) is 5.41 Å². The third-order valence-corrected chi connectivity index (χ3v) is 11.6. The average molecular weight is 767 g/mol. The van der Waals surface area contributed by atoms with Gasteiger partial charge in [0.2, 0.25) is 10.0 Å². The number of hydrogen-bond donors (Lipinski definition) is 0. The largest absolute Gasteiger partial charge is 3.00 e. The predicted octanol–water partition coefficient (Wildman–Crippen LogP) is 7.61. The minimum absolute atomic E-state index is 0. The SMILES string of the molecule is [CH2-][C@@]1(C)CN(S(=O)(=O)c2ccc(C)cc2)CC1=[C-]CC.[Rh+3].c1ccc(Pc2ccccc2)cc1.c1ccc(Pc2ccccc2)cc1. The Morgan fingerprint density at radius 3 is 1.38 bits per heavy atom. The maximum absolute atomic E-state index is 12.6. The zero-order valence-corrected chi connectivity index (χ0v) is 31.6. The fourth-order valence-electron chi connectivity index (χ4n) is 4.84. The summed E-state index contributed by atoms with van der Waals surface area (Å²) in [6.45, 7) is 10.8. The van der Waals surface area contributed by atoms with Crippen molar-refractivity contribution in [3.63, 3.8) is 0 Å². The number of sulfonamides is 1. The Morgan fingerprint density at radius 1 is 0.681 bits per heavy atom. The van der Waals surface area contributed by atoms with E-state index in [1.165, 1.54) is 25.5 Å². The van der Waals surface area contributed by atoms with Crippen LogP contribution in [0, 0.1) is 25.3 Å². The molecule has 5 aromatic carbocycles. The third-order valence-electron chi connectivity index (χ3n) is 7.31. The monoisotopic (exact) mass is 766 g/mol. The Bertz CT molecular complexity index is 1600. The molecule has 244 valence electrons. The van der Waals surface area contributed by atoms with Crippen LogP contribution in [0.5, 0.6) is 0 Å². The molecule has 0 aromatic heterocycles. The van der Waals surface area contributed by atoms with Gasteiger partial charge in [-0.3, -0.25) is 5.57 Å². The number of hydrogen-bond acceptors (Lipinski definition) is 2. The molecule has 6 rings (SSSR count). The minimum atomic E-state index is -3.45. The number of rotatable bonds is 7. The molecule has 0 amide bonds. The van der Waals surface area contributed by atoms with E-state index in [2.05, 4.69) is 134 Å². The summed E-state index contributed by atoms with van der Waals surface area (Å²) in [6, 6.07) is 49.3. The summed E-state index contributed by atoms with van der Waals surface area (Å²) in [5.74, 6) is 0. The Hall–Kier alpha value is -2.77. The third kappa shape index (κ3) is 12.3. The van der Waals surface area contributed by atoms with E-state index in [1.807, 2.05) is 32.9 Å². The Balaban J connectivity index is 0.000000196. The number of allylic oxidation sites excluding steroid dienone is 1. The smallest absolute Gasteiger partial charge is 0.498 e. The van der Waals surface area contributed by atoms with Crippen LogP contribution in [-0.4, -0.2) is 25.8 Å². The zero-order valence-electron chi connectivity index (χ0n) is 27.2. The molecule has 0 N–H and O–H groups in total. The molecule has 1 aliphatic heterocycles. The standard InChI is InChI=1S/C16H21NO2S.2C12H11P.Rh/c1-5-6-14-11-17(12-16(14,3)4)20(18,19)15-9-7-13(2)8-10-15;2*1-3-7-11(8-4-1)13-12-9-5-2-6-10-12;/h7-10H,3,5,11-12H2,1-2,4H3;2*1-10,13H;/q-2;;;+3/t16-;;;/m1.../s1. The van der Waals surface area contributed by atoms with Gasteiger partial charge in [0, 0.05) is 6.54 Å². The van der Waals surface area contributed by atoms with Gasteiger partial charge in [-0.1, -0.05) is 170 Å². The molecule has 0 aliphatic carbocycles. The van der Waals surface area contributed by atoms with Gasteiger partial charge in [0.1, 0.15) is 0 Å². The van der Waals surface area contributed by atoms with E-state index < -0.39 is 10.0 Å². The van der Waals surface area contributed by atoms with E-state index in [4.69, 9.17) is 0 Å². The van der Waals surface area contributed by atoms with Crippen molar-refractivity contribution in [3.8, 4) is 0 Å². The van der Waals surface area contributed by atoms with E-state index >= 15 is 0 Å². The quantitative estimate of drug-likeness (QED) is 0.0973. The second kappa shape index (κ2) is 19.3. The van der Waals surface area contributed by atoms with Gasteiger partial charge >= 0.3 is 19.5 Å². The minimum Gasteiger partial charge on any atom is -0.498 e. The van der Waals surface area contributed by atoms with Crippen LogP contribution in [0.1, 0.15) is 25.8 Å². The van der Waals surface area contributed by atoms with E-state index in [0.717, 1.165) is 34.7 Å². The summed E-state index contributed by atoms with van der Waals surface area (Å²) in [7, 11) is -1.89. The molecule has 1 atom stereocenters.